The van der Waals surface area contributed by atoms with Gasteiger partial charge < -0.3 is 24.2 Å². The number of hydrogen-bond acceptors (Lipinski definition) is 6. The molecular formula is C31H38FN5O4. The first kappa shape index (κ1) is 28.4. The van der Waals surface area contributed by atoms with Crippen molar-refractivity contribution in [2.24, 2.45) is 0 Å². The minimum Gasteiger partial charge on any atom is -0.497 e. The standard InChI is InChI=1S/C31H38FN5O4/c1-31(2,3)41-30(39)36-13-11-22(12-14-36)28-27(21-33-37(28)25-9-5-7-23(32)19-25)29(38)35-17-15-34(16-18-35)24-8-6-10-26(20-24)40-4/h5-10,19-22H,11-18H2,1-4H3. The Morgan fingerprint density at radius 2 is 1.59 bits per heavy atom. The quantitative estimate of drug-likeness (QED) is 0.430. The van der Waals surface area contributed by atoms with E-state index >= 15 is 0 Å². The third kappa shape index (κ3) is 6.47. The maximum Gasteiger partial charge on any atom is 0.410 e. The Labute approximate surface area is 240 Å². The van der Waals surface area contributed by atoms with Gasteiger partial charge in [-0.2, -0.15) is 5.10 Å². The van der Waals surface area contributed by atoms with Crippen LogP contribution in [0.2, 0.25) is 0 Å². The maximum absolute atomic E-state index is 14.2. The molecule has 3 heterocycles. The predicted molar refractivity (Wildman–Crippen MR) is 154 cm³/mol. The molecule has 0 bridgehead atoms. The summed E-state index contributed by atoms with van der Waals surface area (Å²) in [6, 6.07) is 14.2. The third-order valence-electron chi connectivity index (χ3n) is 7.61. The van der Waals surface area contributed by atoms with Crippen LogP contribution in [0, 0.1) is 5.82 Å². The molecule has 0 spiro atoms. The molecule has 0 atom stereocenters. The first-order valence-electron chi connectivity index (χ1n) is 14.1. The Morgan fingerprint density at radius 1 is 0.902 bits per heavy atom. The summed E-state index contributed by atoms with van der Waals surface area (Å²) in [7, 11) is 1.65. The zero-order chi connectivity index (χ0) is 29.1. The van der Waals surface area contributed by atoms with Gasteiger partial charge >= 0.3 is 6.09 Å². The number of carbonyl (C=O) groups is 2. The number of carbonyl (C=O) groups excluding carboxylic acids is 2. The molecule has 2 amide bonds. The molecule has 5 rings (SSSR count). The Balaban J connectivity index is 1.35. The van der Waals surface area contributed by atoms with Crippen LogP contribution in [0.5, 0.6) is 5.75 Å². The van der Waals surface area contributed by atoms with Gasteiger partial charge in [0.15, 0.2) is 0 Å². The summed E-state index contributed by atoms with van der Waals surface area (Å²) >= 11 is 0. The lowest BCUT2D eigenvalue weighted by Crippen LogP contribution is -2.49. The molecule has 9 nitrogen and oxygen atoms in total. The monoisotopic (exact) mass is 563 g/mol. The fourth-order valence-corrected chi connectivity index (χ4v) is 5.54. The molecule has 10 heteroatoms. The van der Waals surface area contributed by atoms with Gasteiger partial charge in [-0.05, 0) is 63.9 Å². The highest BCUT2D eigenvalue weighted by atomic mass is 19.1. The van der Waals surface area contributed by atoms with Gasteiger partial charge in [0, 0.05) is 56.9 Å². The van der Waals surface area contributed by atoms with E-state index in [1.807, 2.05) is 49.9 Å². The van der Waals surface area contributed by atoms with Gasteiger partial charge in [-0.25, -0.2) is 13.9 Å². The van der Waals surface area contributed by atoms with E-state index in [9.17, 15) is 14.0 Å². The molecule has 0 aliphatic carbocycles. The van der Waals surface area contributed by atoms with E-state index in [2.05, 4.69) is 10.00 Å². The Hall–Kier alpha value is -4.08. The number of rotatable bonds is 5. The second kappa shape index (κ2) is 11.8. The van der Waals surface area contributed by atoms with Crippen LogP contribution >= 0.6 is 0 Å². The van der Waals surface area contributed by atoms with E-state index in [4.69, 9.17) is 9.47 Å². The van der Waals surface area contributed by atoms with Crippen LogP contribution in [0.25, 0.3) is 5.69 Å². The Morgan fingerprint density at radius 3 is 2.24 bits per heavy atom. The molecule has 1 aromatic heterocycles. The second-order valence-electron chi connectivity index (χ2n) is 11.6. The zero-order valence-corrected chi connectivity index (χ0v) is 24.2. The average molecular weight is 564 g/mol. The molecule has 2 aliphatic heterocycles. The van der Waals surface area contributed by atoms with Crippen LogP contribution in [0.4, 0.5) is 14.9 Å². The van der Waals surface area contributed by atoms with Gasteiger partial charge in [-0.3, -0.25) is 4.79 Å². The molecule has 41 heavy (non-hydrogen) atoms. The smallest absolute Gasteiger partial charge is 0.410 e. The van der Waals surface area contributed by atoms with Gasteiger partial charge in [0.1, 0.15) is 17.2 Å². The number of piperazine rings is 1. The molecule has 0 unspecified atom stereocenters. The number of anilines is 1. The number of amides is 2. The number of nitrogens with zero attached hydrogens (tertiary/aromatic N) is 5. The van der Waals surface area contributed by atoms with Crippen molar-refractivity contribution in [2.75, 3.05) is 51.3 Å². The molecule has 218 valence electrons. The normalized spacial score (nSPS) is 16.6. The van der Waals surface area contributed by atoms with E-state index in [1.165, 1.54) is 12.1 Å². The van der Waals surface area contributed by atoms with Gasteiger partial charge in [-0.1, -0.05) is 12.1 Å². The van der Waals surface area contributed by atoms with Gasteiger partial charge in [0.2, 0.25) is 0 Å². The molecule has 2 aromatic carbocycles. The molecule has 0 saturated carbocycles. The van der Waals surface area contributed by atoms with Crippen LogP contribution < -0.4 is 9.64 Å². The summed E-state index contributed by atoms with van der Waals surface area (Å²) in [5, 5.41) is 4.58. The topological polar surface area (TPSA) is 80.1 Å². The number of halogens is 1. The van der Waals surface area contributed by atoms with Crippen LogP contribution in [0.15, 0.2) is 54.7 Å². The summed E-state index contributed by atoms with van der Waals surface area (Å²) in [4.78, 5) is 32.4. The Kier molecular flexibility index (Phi) is 8.19. The fourth-order valence-electron chi connectivity index (χ4n) is 5.54. The highest BCUT2D eigenvalue weighted by Gasteiger charge is 2.34. The summed E-state index contributed by atoms with van der Waals surface area (Å²) in [5.41, 5.74) is 2.35. The molecule has 2 fully saturated rings. The van der Waals surface area contributed by atoms with Crippen molar-refractivity contribution in [1.29, 1.82) is 0 Å². The minimum atomic E-state index is -0.569. The lowest BCUT2D eigenvalue weighted by Gasteiger charge is -2.37. The number of ether oxygens (including phenoxy) is 2. The fraction of sp³-hybridized carbons (Fsp3) is 0.452. The van der Waals surface area contributed by atoms with Crippen molar-refractivity contribution >= 4 is 17.7 Å². The SMILES string of the molecule is COc1cccc(N2CCN(C(=O)c3cnn(-c4cccc(F)c4)c3C3CCN(C(=O)OC(C)(C)C)CC3)CC2)c1. The van der Waals surface area contributed by atoms with Crippen molar-refractivity contribution in [1.82, 2.24) is 19.6 Å². The van der Waals surface area contributed by atoms with Crippen molar-refractivity contribution < 1.29 is 23.5 Å². The lowest BCUT2D eigenvalue weighted by atomic mass is 9.90. The number of hydrogen-bond donors (Lipinski definition) is 0. The molecule has 0 radical (unpaired) electrons. The number of benzene rings is 2. The lowest BCUT2D eigenvalue weighted by molar-refractivity contribution is 0.0203. The predicted octanol–water partition coefficient (Wildman–Crippen LogP) is 5.10. The molecule has 2 aliphatic rings. The Bertz CT molecular complexity index is 1390. The van der Waals surface area contributed by atoms with Crippen molar-refractivity contribution in [3.05, 3.63) is 71.8 Å². The molecule has 2 saturated heterocycles. The highest BCUT2D eigenvalue weighted by molar-refractivity contribution is 5.95. The van der Waals surface area contributed by atoms with Gasteiger partial charge in [0.05, 0.1) is 30.3 Å². The number of likely N-dealkylation sites (tertiary alicyclic amines) is 1. The van der Waals surface area contributed by atoms with Crippen LogP contribution in [-0.4, -0.2) is 83.6 Å². The first-order chi connectivity index (χ1) is 19.6. The summed E-state index contributed by atoms with van der Waals surface area (Å²) in [6.45, 7) is 9.08. The highest BCUT2D eigenvalue weighted by Crippen LogP contribution is 2.34. The van der Waals surface area contributed by atoms with E-state index in [1.54, 1.807) is 35.0 Å². The van der Waals surface area contributed by atoms with E-state index < -0.39 is 5.60 Å². The molecule has 0 N–H and O–H groups in total. The van der Waals surface area contributed by atoms with Gasteiger partial charge in [0.25, 0.3) is 5.91 Å². The van der Waals surface area contributed by atoms with Crippen LogP contribution in [0.1, 0.15) is 55.6 Å². The van der Waals surface area contributed by atoms with Crippen molar-refractivity contribution in [2.45, 2.75) is 45.1 Å². The first-order valence-corrected chi connectivity index (χ1v) is 14.1. The van der Waals surface area contributed by atoms with E-state index in [0.717, 1.165) is 17.1 Å². The van der Waals surface area contributed by atoms with Crippen molar-refractivity contribution in [3.63, 3.8) is 0 Å². The number of piperidine rings is 1. The van der Waals surface area contributed by atoms with E-state index in [0.29, 0.717) is 63.4 Å². The number of methoxy groups -OCH3 is 1. The van der Waals surface area contributed by atoms with Crippen molar-refractivity contribution in [3.8, 4) is 11.4 Å². The minimum absolute atomic E-state index is 0.0310. The number of aromatic nitrogens is 2. The summed E-state index contributed by atoms with van der Waals surface area (Å²) in [6.07, 6.45) is 2.56. The van der Waals surface area contributed by atoms with Crippen LogP contribution in [0.3, 0.4) is 0 Å². The third-order valence-corrected chi connectivity index (χ3v) is 7.61. The zero-order valence-electron chi connectivity index (χ0n) is 24.2. The average Bonchev–Trinajstić information content (AvgIpc) is 3.41. The largest absolute Gasteiger partial charge is 0.497 e. The van der Waals surface area contributed by atoms with Crippen LogP contribution in [-0.2, 0) is 4.74 Å². The van der Waals surface area contributed by atoms with Gasteiger partial charge in [-0.15, -0.1) is 0 Å². The molecular weight excluding hydrogens is 525 g/mol. The van der Waals surface area contributed by atoms with E-state index in [-0.39, 0.29) is 23.7 Å². The second-order valence-corrected chi connectivity index (χ2v) is 11.6. The summed E-state index contributed by atoms with van der Waals surface area (Å²) < 4.78 is 26.8. The molecule has 3 aromatic rings. The summed E-state index contributed by atoms with van der Waals surface area (Å²) in [5.74, 6) is 0.317. The maximum atomic E-state index is 14.2.